The molecule has 0 aromatic heterocycles. The van der Waals surface area contributed by atoms with Gasteiger partial charge in [-0.1, -0.05) is 45.7 Å². The summed E-state index contributed by atoms with van der Waals surface area (Å²) in [4.78, 5) is 38.9. The van der Waals surface area contributed by atoms with Gasteiger partial charge in [-0.2, -0.15) is 0 Å². The fourth-order valence-electron chi connectivity index (χ4n) is 3.02. The van der Waals surface area contributed by atoms with E-state index < -0.39 is 5.91 Å². The zero-order chi connectivity index (χ0) is 19.8. The van der Waals surface area contributed by atoms with Crippen LogP contribution in [0.1, 0.15) is 31.1 Å². The molecule has 3 aromatic rings. The Morgan fingerprint density at radius 1 is 0.893 bits per heavy atom. The van der Waals surface area contributed by atoms with E-state index in [-0.39, 0.29) is 11.8 Å². The third-order valence-electron chi connectivity index (χ3n) is 4.33. The maximum Gasteiger partial charge on any atom is 0.266 e. The molecule has 28 heavy (non-hydrogen) atoms. The number of carbonyl (C=O) groups is 3. The van der Waals surface area contributed by atoms with E-state index in [1.807, 2.05) is 0 Å². The number of halogens is 2. The monoisotopic (exact) mass is 454 g/mol. The summed E-state index contributed by atoms with van der Waals surface area (Å²) >= 11 is 9.42. The average Bonchev–Trinajstić information content (AvgIpc) is 2.95. The second kappa shape index (κ2) is 7.22. The average molecular weight is 456 g/mol. The van der Waals surface area contributed by atoms with Crippen molar-refractivity contribution >= 4 is 56.6 Å². The Bertz CT molecular complexity index is 1110. The van der Waals surface area contributed by atoms with Crippen LogP contribution in [0, 0.1) is 0 Å². The van der Waals surface area contributed by atoms with Gasteiger partial charge < -0.3 is 5.32 Å². The molecular formula is C21H12BrClN2O3. The van der Waals surface area contributed by atoms with Crippen LogP contribution < -0.4 is 10.2 Å². The number of hydrogen-bond acceptors (Lipinski definition) is 3. The van der Waals surface area contributed by atoms with Crippen LogP contribution in [0.2, 0.25) is 5.02 Å². The SMILES string of the molecule is O=C(Nc1cccc(N2C(=O)c3ccccc3C2=O)c1)c1cc(Br)ccc1Cl. The summed E-state index contributed by atoms with van der Waals surface area (Å²) in [5.74, 6) is -1.18. The quantitative estimate of drug-likeness (QED) is 0.555. The number of nitrogens with one attached hydrogen (secondary N) is 1. The van der Waals surface area contributed by atoms with Crippen LogP contribution in [-0.2, 0) is 0 Å². The molecule has 138 valence electrons. The van der Waals surface area contributed by atoms with E-state index in [2.05, 4.69) is 21.2 Å². The number of anilines is 2. The Morgan fingerprint density at radius 2 is 1.57 bits per heavy atom. The third-order valence-corrected chi connectivity index (χ3v) is 5.15. The Balaban J connectivity index is 1.63. The first-order valence-corrected chi connectivity index (χ1v) is 9.47. The smallest absolute Gasteiger partial charge is 0.266 e. The van der Waals surface area contributed by atoms with E-state index in [0.29, 0.717) is 33.1 Å². The maximum absolute atomic E-state index is 12.6. The van der Waals surface area contributed by atoms with Crippen LogP contribution in [0.4, 0.5) is 11.4 Å². The van der Waals surface area contributed by atoms with Crippen molar-refractivity contribution in [2.45, 2.75) is 0 Å². The molecule has 0 saturated heterocycles. The Morgan fingerprint density at radius 3 is 2.25 bits per heavy atom. The standard InChI is InChI=1S/C21H12BrClN2O3/c22-12-8-9-18(23)17(10-12)19(26)24-13-4-3-5-14(11-13)25-20(27)15-6-1-2-7-16(15)21(25)28/h1-11H,(H,24,26). The number of nitrogens with zero attached hydrogens (tertiary/aromatic N) is 1. The molecule has 1 aliphatic rings. The van der Waals surface area contributed by atoms with Crippen LogP contribution in [0.25, 0.3) is 0 Å². The first-order chi connectivity index (χ1) is 13.5. The van der Waals surface area contributed by atoms with Crippen molar-refractivity contribution in [3.8, 4) is 0 Å². The molecule has 1 heterocycles. The second-order valence-electron chi connectivity index (χ2n) is 6.12. The van der Waals surface area contributed by atoms with Crippen LogP contribution in [-0.4, -0.2) is 17.7 Å². The van der Waals surface area contributed by atoms with E-state index in [9.17, 15) is 14.4 Å². The van der Waals surface area contributed by atoms with E-state index in [1.54, 1.807) is 66.7 Å². The van der Waals surface area contributed by atoms with Crippen molar-refractivity contribution < 1.29 is 14.4 Å². The summed E-state index contributed by atoms with van der Waals surface area (Å²) in [6, 6.07) is 18.2. The second-order valence-corrected chi connectivity index (χ2v) is 7.44. The lowest BCUT2D eigenvalue weighted by atomic mass is 10.1. The molecule has 3 aromatic carbocycles. The molecule has 5 nitrogen and oxygen atoms in total. The number of amides is 3. The topological polar surface area (TPSA) is 66.5 Å². The number of benzene rings is 3. The summed E-state index contributed by atoms with van der Waals surface area (Å²) < 4.78 is 0.724. The number of fused-ring (bicyclic) bond motifs is 1. The molecule has 1 N–H and O–H groups in total. The highest BCUT2D eigenvalue weighted by Gasteiger charge is 2.36. The molecule has 0 spiro atoms. The fourth-order valence-corrected chi connectivity index (χ4v) is 3.58. The van der Waals surface area contributed by atoms with Crippen molar-refractivity contribution in [1.82, 2.24) is 0 Å². The van der Waals surface area contributed by atoms with Gasteiger partial charge in [0.2, 0.25) is 0 Å². The number of imide groups is 1. The van der Waals surface area contributed by atoms with Gasteiger partial charge in [-0.3, -0.25) is 14.4 Å². The van der Waals surface area contributed by atoms with Crippen molar-refractivity contribution in [2.75, 3.05) is 10.2 Å². The summed E-state index contributed by atoms with van der Waals surface area (Å²) in [7, 11) is 0. The molecule has 0 saturated carbocycles. The van der Waals surface area contributed by atoms with Gasteiger partial charge >= 0.3 is 0 Å². The van der Waals surface area contributed by atoms with E-state index >= 15 is 0 Å². The number of hydrogen-bond donors (Lipinski definition) is 1. The molecule has 0 fully saturated rings. The van der Waals surface area contributed by atoms with Crippen molar-refractivity contribution in [3.05, 3.63) is 92.9 Å². The molecule has 1 aliphatic heterocycles. The minimum absolute atomic E-state index is 0.308. The minimum Gasteiger partial charge on any atom is -0.322 e. The Hall–Kier alpha value is -2.96. The van der Waals surface area contributed by atoms with Crippen LogP contribution in [0.5, 0.6) is 0 Å². The lowest BCUT2D eigenvalue weighted by Crippen LogP contribution is -2.29. The summed E-state index contributed by atoms with van der Waals surface area (Å²) in [6.07, 6.45) is 0. The summed E-state index contributed by atoms with van der Waals surface area (Å²) in [5.41, 5.74) is 1.85. The third kappa shape index (κ3) is 3.21. The van der Waals surface area contributed by atoms with Gasteiger partial charge in [-0.05, 0) is 48.5 Å². The van der Waals surface area contributed by atoms with Crippen molar-refractivity contribution in [1.29, 1.82) is 0 Å². The Labute approximate surface area is 174 Å². The first kappa shape index (κ1) is 18.4. The lowest BCUT2D eigenvalue weighted by Gasteiger charge is -2.15. The van der Waals surface area contributed by atoms with Crippen molar-refractivity contribution in [2.24, 2.45) is 0 Å². The lowest BCUT2D eigenvalue weighted by molar-refractivity contribution is 0.0925. The highest BCUT2D eigenvalue weighted by atomic mass is 79.9. The van der Waals surface area contributed by atoms with Crippen LogP contribution in [0.3, 0.4) is 0 Å². The normalized spacial score (nSPS) is 12.9. The van der Waals surface area contributed by atoms with Gasteiger partial charge in [0.05, 0.1) is 27.4 Å². The van der Waals surface area contributed by atoms with E-state index in [4.69, 9.17) is 11.6 Å². The van der Waals surface area contributed by atoms with Gasteiger partial charge in [0, 0.05) is 10.2 Å². The molecule has 4 rings (SSSR count). The predicted molar refractivity (Wildman–Crippen MR) is 111 cm³/mol. The zero-order valence-electron chi connectivity index (χ0n) is 14.3. The highest BCUT2D eigenvalue weighted by molar-refractivity contribution is 9.10. The Kier molecular flexibility index (Phi) is 4.75. The van der Waals surface area contributed by atoms with Crippen LogP contribution >= 0.6 is 27.5 Å². The summed E-state index contributed by atoms with van der Waals surface area (Å²) in [5, 5.41) is 3.06. The molecule has 0 unspecified atom stereocenters. The molecule has 7 heteroatoms. The van der Waals surface area contributed by atoms with E-state index in [1.165, 1.54) is 0 Å². The molecule has 0 radical (unpaired) electrons. The van der Waals surface area contributed by atoms with E-state index in [0.717, 1.165) is 9.37 Å². The fraction of sp³-hybridized carbons (Fsp3) is 0. The van der Waals surface area contributed by atoms with Gasteiger partial charge in [0.1, 0.15) is 0 Å². The summed E-state index contributed by atoms with van der Waals surface area (Å²) in [6.45, 7) is 0. The molecule has 0 bridgehead atoms. The largest absolute Gasteiger partial charge is 0.322 e. The molecule has 3 amide bonds. The van der Waals surface area contributed by atoms with Gasteiger partial charge in [-0.25, -0.2) is 4.90 Å². The zero-order valence-corrected chi connectivity index (χ0v) is 16.6. The number of carbonyl (C=O) groups excluding carboxylic acids is 3. The highest BCUT2D eigenvalue weighted by Crippen LogP contribution is 2.30. The van der Waals surface area contributed by atoms with Gasteiger partial charge in [-0.15, -0.1) is 0 Å². The molecule has 0 aliphatic carbocycles. The number of rotatable bonds is 3. The first-order valence-electron chi connectivity index (χ1n) is 8.30. The minimum atomic E-state index is -0.397. The molecule has 0 atom stereocenters. The molecular weight excluding hydrogens is 444 g/mol. The van der Waals surface area contributed by atoms with Crippen molar-refractivity contribution in [3.63, 3.8) is 0 Å². The van der Waals surface area contributed by atoms with Gasteiger partial charge in [0.25, 0.3) is 17.7 Å². The van der Waals surface area contributed by atoms with Gasteiger partial charge in [0.15, 0.2) is 0 Å². The maximum atomic E-state index is 12.6. The predicted octanol–water partition coefficient (Wildman–Crippen LogP) is 5.16. The van der Waals surface area contributed by atoms with Crippen LogP contribution in [0.15, 0.2) is 71.2 Å².